The van der Waals surface area contributed by atoms with Crippen LogP contribution in [0.5, 0.6) is 0 Å². The Morgan fingerprint density at radius 1 is 0.686 bits per heavy atom. The first kappa shape index (κ1) is 27.7. The van der Waals surface area contributed by atoms with Crippen molar-refractivity contribution in [3.63, 3.8) is 0 Å². The van der Waals surface area contributed by atoms with Gasteiger partial charge in [-0.2, -0.15) is 0 Å². The van der Waals surface area contributed by atoms with Crippen molar-refractivity contribution >= 4 is 17.0 Å². The fourth-order valence-electron chi connectivity index (χ4n) is 5.50. The fraction of sp³-hybridized carbons (Fsp3) is 0.250. The number of hydrogen-bond acceptors (Lipinski definition) is 0. The van der Waals surface area contributed by atoms with E-state index >= 15 is 0 Å². The zero-order chi connectivity index (χ0) is 24.5. The Labute approximate surface area is 233 Å². The first-order valence-corrected chi connectivity index (χ1v) is 18.9. The summed E-state index contributed by atoms with van der Waals surface area (Å²) in [5.74, 6) is 12.1. The average Bonchev–Trinajstić information content (AvgIpc) is 3.46. The van der Waals surface area contributed by atoms with Gasteiger partial charge < -0.3 is 0 Å². The van der Waals surface area contributed by atoms with Crippen LogP contribution in [0.25, 0.3) is 0 Å². The van der Waals surface area contributed by atoms with E-state index in [9.17, 15) is 0 Å². The zero-order valence-electron chi connectivity index (χ0n) is 20.2. The van der Waals surface area contributed by atoms with Crippen LogP contribution in [0.3, 0.4) is 0 Å². The van der Waals surface area contributed by atoms with Gasteiger partial charge in [-0.15, -0.1) is 6.58 Å². The van der Waals surface area contributed by atoms with Crippen molar-refractivity contribution in [2.45, 2.75) is 44.9 Å². The van der Waals surface area contributed by atoms with Gasteiger partial charge in [-0.1, -0.05) is 98.3 Å². The molecule has 0 aliphatic heterocycles. The van der Waals surface area contributed by atoms with E-state index in [1.807, 2.05) is 6.08 Å². The van der Waals surface area contributed by atoms with Crippen molar-refractivity contribution in [3.05, 3.63) is 146 Å². The summed E-state index contributed by atoms with van der Waals surface area (Å²) in [6.07, 6.45) is 42.2. The van der Waals surface area contributed by atoms with Crippen molar-refractivity contribution in [2.24, 2.45) is 5.92 Å². The van der Waals surface area contributed by atoms with Crippen molar-refractivity contribution in [1.29, 1.82) is 0 Å². The third-order valence-electron chi connectivity index (χ3n) is 7.11. The Morgan fingerprint density at radius 2 is 1.23 bits per heavy atom. The van der Waals surface area contributed by atoms with Gasteiger partial charge in [0, 0.05) is 35.5 Å². The third-order valence-corrected chi connectivity index (χ3v) is 7.11. The Kier molecular flexibility index (Phi) is 11.5. The van der Waals surface area contributed by atoms with Crippen LogP contribution in [-0.4, -0.2) is 0 Å². The molecule has 2 fully saturated rings. The molecule has 0 bridgehead atoms. The topological polar surface area (TPSA) is 0 Å². The second-order valence-electron chi connectivity index (χ2n) is 9.20. The van der Waals surface area contributed by atoms with Crippen LogP contribution in [-0.2, 0) is 20.8 Å². The predicted molar refractivity (Wildman–Crippen MR) is 147 cm³/mol. The van der Waals surface area contributed by atoms with Crippen molar-refractivity contribution < 1.29 is 20.8 Å². The molecule has 0 aromatic heterocycles. The summed E-state index contributed by atoms with van der Waals surface area (Å²) in [6.45, 7) is 3.86. The van der Waals surface area contributed by atoms with Gasteiger partial charge in [0.15, 0.2) is 0 Å². The fourth-order valence-corrected chi connectivity index (χ4v) is 5.50. The normalized spacial score (nSPS) is 23.7. The number of halogens is 2. The maximum atomic E-state index is 4.93. The number of hydrogen-bond donors (Lipinski definition) is 0. The molecule has 3 heteroatoms. The van der Waals surface area contributed by atoms with Gasteiger partial charge in [-0.05, 0) is 56.3 Å². The summed E-state index contributed by atoms with van der Waals surface area (Å²) in [5.41, 5.74) is 0. The van der Waals surface area contributed by atoms with Crippen LogP contribution in [0.1, 0.15) is 44.9 Å². The summed E-state index contributed by atoms with van der Waals surface area (Å²) >= 11 is -0.826. The van der Waals surface area contributed by atoms with E-state index in [-0.39, 0.29) is 0 Å². The monoisotopic (exact) mass is 576 g/mol. The number of allylic oxidation sites excluding steroid dienone is 13. The molecule has 2 saturated carbocycles. The Bertz CT molecular complexity index is 816. The molecule has 5 aliphatic rings. The molecule has 0 nitrogen and oxygen atoms in total. The van der Waals surface area contributed by atoms with Crippen molar-refractivity contribution in [3.8, 4) is 0 Å². The van der Waals surface area contributed by atoms with E-state index < -0.39 is 20.8 Å². The van der Waals surface area contributed by atoms with Gasteiger partial charge >= 0.3 is 37.9 Å². The summed E-state index contributed by atoms with van der Waals surface area (Å²) in [4.78, 5) is 0. The molecule has 0 N–H and O–H groups in total. The van der Waals surface area contributed by atoms with E-state index in [1.165, 1.54) is 79.4 Å². The van der Waals surface area contributed by atoms with E-state index in [2.05, 4.69) is 92.3 Å². The Balaban J connectivity index is 0.000000917. The molecular formula is C32H32Cl2Zr+2. The minimum atomic E-state index is -0.826. The average molecular weight is 579 g/mol. The second-order valence-corrected chi connectivity index (χ2v) is 12.9. The Morgan fingerprint density at radius 3 is 1.86 bits per heavy atom. The molecule has 0 saturated heterocycles. The second kappa shape index (κ2) is 14.5. The first-order valence-electron chi connectivity index (χ1n) is 12.5. The van der Waals surface area contributed by atoms with Gasteiger partial charge in [0.1, 0.15) is 0 Å². The maximum absolute atomic E-state index is 4.93. The third kappa shape index (κ3) is 6.95. The van der Waals surface area contributed by atoms with Gasteiger partial charge in [0.2, 0.25) is 0 Å². The molecule has 176 valence electrons. The molecule has 35 heavy (non-hydrogen) atoms. The summed E-state index contributed by atoms with van der Waals surface area (Å²) in [7, 11) is 9.87. The van der Waals surface area contributed by atoms with Crippen LogP contribution in [0.15, 0.2) is 85.6 Å². The molecule has 0 spiro atoms. The van der Waals surface area contributed by atoms with Gasteiger partial charge in [0.25, 0.3) is 0 Å². The molecule has 0 aromatic carbocycles. The number of fused-ring (bicyclic) bond motifs is 4. The van der Waals surface area contributed by atoms with Gasteiger partial charge in [0.05, 0.1) is 0 Å². The van der Waals surface area contributed by atoms with E-state index in [4.69, 9.17) is 17.0 Å². The molecule has 0 amide bonds. The van der Waals surface area contributed by atoms with Crippen LogP contribution in [0, 0.1) is 66.1 Å². The minimum absolute atomic E-state index is 0.545. The Hall–Kier alpha value is -0.357. The molecule has 1 atom stereocenters. The van der Waals surface area contributed by atoms with Crippen molar-refractivity contribution in [1.82, 2.24) is 0 Å². The van der Waals surface area contributed by atoms with Crippen LogP contribution < -0.4 is 0 Å². The predicted octanol–water partition coefficient (Wildman–Crippen LogP) is 9.31. The van der Waals surface area contributed by atoms with E-state index in [1.54, 1.807) is 0 Å². The SMILES string of the molecule is C=CCCCCCCC(C[C]1[C]2C=CC=C[C]2[C]2C=CC=C[C]21)[C]1[CH][CH][C]2C=CC=C[C]21.[Cl][Zr+2][Cl]. The molecule has 0 heterocycles. The molecule has 10 radical (unpaired) electrons. The van der Waals surface area contributed by atoms with Crippen molar-refractivity contribution in [2.75, 3.05) is 0 Å². The summed E-state index contributed by atoms with van der Waals surface area (Å²) in [6, 6.07) is 0. The standard InChI is InChI=1S/C32H32.2ClH.Zr/c1-2-3-4-5-6-7-15-25(27-22-21-24-14-8-9-16-26(24)27)23-32-30-19-12-10-17-28(30)29-18-11-13-20-31(29)32;;;/h2,8-14,16-22,25H,1,3-7,15,23H2;2*1H;/q;;;+4/p-2. The number of rotatable bonds is 10. The molecule has 5 rings (SSSR count). The summed E-state index contributed by atoms with van der Waals surface area (Å²) in [5, 5.41) is 0. The van der Waals surface area contributed by atoms with Crippen LogP contribution in [0.4, 0.5) is 0 Å². The van der Waals surface area contributed by atoms with E-state index in [0.717, 1.165) is 12.8 Å². The van der Waals surface area contributed by atoms with Gasteiger partial charge in [-0.25, -0.2) is 0 Å². The molecule has 0 aromatic rings. The molecular weight excluding hydrogens is 546 g/mol. The quantitative estimate of drug-likeness (QED) is 0.179. The first-order chi connectivity index (χ1) is 17.3. The zero-order valence-corrected chi connectivity index (χ0v) is 24.1. The molecule has 5 aliphatic carbocycles. The number of unbranched alkanes of at least 4 members (excludes halogenated alkanes) is 4. The molecule has 1 unspecified atom stereocenters. The summed E-state index contributed by atoms with van der Waals surface area (Å²) < 4.78 is 0. The van der Waals surface area contributed by atoms with Gasteiger partial charge in [-0.3, -0.25) is 0 Å². The van der Waals surface area contributed by atoms with Crippen LogP contribution >= 0.6 is 17.0 Å². The van der Waals surface area contributed by atoms with Crippen LogP contribution in [0.2, 0.25) is 0 Å². The van der Waals surface area contributed by atoms with E-state index in [0.29, 0.717) is 5.92 Å².